The molecule has 1 aromatic carbocycles. The molecule has 0 fully saturated rings. The number of rotatable bonds is 4. The Morgan fingerprint density at radius 2 is 2.29 bits per heavy atom. The van der Waals surface area contributed by atoms with E-state index in [4.69, 9.17) is 11.6 Å². The van der Waals surface area contributed by atoms with Crippen molar-refractivity contribution < 1.29 is 4.39 Å². The Morgan fingerprint density at radius 3 is 3.00 bits per heavy atom. The fourth-order valence-electron chi connectivity index (χ4n) is 1.58. The topological polar surface area (TPSA) is 29.9 Å². The van der Waals surface area contributed by atoms with Gasteiger partial charge in [0.25, 0.3) is 0 Å². The van der Waals surface area contributed by atoms with E-state index >= 15 is 0 Å². The number of nitrogens with one attached hydrogen (secondary N) is 1. The lowest BCUT2D eigenvalue weighted by atomic mass is 10.3. The predicted octanol–water partition coefficient (Wildman–Crippen LogP) is 3.31. The average molecular weight is 254 g/mol. The molecule has 0 aliphatic carbocycles. The molecular weight excluding hydrogens is 241 g/mol. The van der Waals surface area contributed by atoms with Crippen molar-refractivity contribution in [2.45, 2.75) is 20.0 Å². The highest BCUT2D eigenvalue weighted by molar-refractivity contribution is 6.31. The number of aryl methyl sites for hydroxylation is 1. The van der Waals surface area contributed by atoms with E-state index in [1.165, 1.54) is 6.07 Å². The van der Waals surface area contributed by atoms with E-state index in [2.05, 4.69) is 17.2 Å². The second-order valence-electron chi connectivity index (χ2n) is 3.65. The average Bonchev–Trinajstić information content (AvgIpc) is 2.78. The van der Waals surface area contributed by atoms with E-state index < -0.39 is 5.82 Å². The van der Waals surface area contributed by atoms with Crippen molar-refractivity contribution in [3.8, 4) is 0 Å². The molecule has 0 atom stereocenters. The van der Waals surface area contributed by atoms with E-state index in [0.717, 1.165) is 17.9 Å². The Hall–Kier alpha value is -1.55. The molecule has 17 heavy (non-hydrogen) atoms. The van der Waals surface area contributed by atoms with Crippen LogP contribution in [0.5, 0.6) is 0 Å². The van der Waals surface area contributed by atoms with Crippen LogP contribution in [0.4, 0.5) is 10.1 Å². The number of imidazole rings is 1. The first-order valence-corrected chi connectivity index (χ1v) is 5.76. The SMILES string of the molecule is CCn1cncc1CNc1ccc(F)c(Cl)c1. The summed E-state index contributed by atoms with van der Waals surface area (Å²) in [6.45, 7) is 3.57. The zero-order chi connectivity index (χ0) is 12.3. The maximum absolute atomic E-state index is 13.0. The van der Waals surface area contributed by atoms with E-state index in [-0.39, 0.29) is 5.02 Å². The molecule has 0 aliphatic rings. The maximum atomic E-state index is 13.0. The number of aromatic nitrogens is 2. The van der Waals surface area contributed by atoms with Gasteiger partial charge in [-0.3, -0.25) is 0 Å². The van der Waals surface area contributed by atoms with Crippen molar-refractivity contribution in [3.63, 3.8) is 0 Å². The van der Waals surface area contributed by atoms with Gasteiger partial charge in [-0.25, -0.2) is 9.37 Å². The van der Waals surface area contributed by atoms with Gasteiger partial charge in [-0.15, -0.1) is 0 Å². The summed E-state index contributed by atoms with van der Waals surface area (Å²) in [7, 11) is 0. The van der Waals surface area contributed by atoms with Gasteiger partial charge in [0.2, 0.25) is 0 Å². The Kier molecular flexibility index (Phi) is 3.64. The molecule has 0 bridgehead atoms. The molecule has 0 saturated carbocycles. The number of anilines is 1. The van der Waals surface area contributed by atoms with Gasteiger partial charge in [0, 0.05) is 18.4 Å². The smallest absolute Gasteiger partial charge is 0.141 e. The van der Waals surface area contributed by atoms with Gasteiger partial charge in [0.05, 0.1) is 23.6 Å². The highest BCUT2D eigenvalue weighted by Gasteiger charge is 2.02. The number of halogens is 2. The van der Waals surface area contributed by atoms with Crippen molar-refractivity contribution in [3.05, 3.63) is 47.3 Å². The normalized spacial score (nSPS) is 10.5. The first kappa shape index (κ1) is 11.9. The molecule has 0 saturated heterocycles. The molecule has 3 nitrogen and oxygen atoms in total. The highest BCUT2D eigenvalue weighted by atomic mass is 35.5. The zero-order valence-corrected chi connectivity index (χ0v) is 10.2. The van der Waals surface area contributed by atoms with Crippen molar-refractivity contribution in [2.24, 2.45) is 0 Å². The van der Waals surface area contributed by atoms with Gasteiger partial charge in [-0.2, -0.15) is 0 Å². The summed E-state index contributed by atoms with van der Waals surface area (Å²) in [5.41, 5.74) is 1.87. The molecule has 1 N–H and O–H groups in total. The Bertz CT molecular complexity index is 510. The molecule has 2 aromatic rings. The predicted molar refractivity (Wildman–Crippen MR) is 66.6 cm³/mol. The third-order valence-electron chi connectivity index (χ3n) is 2.53. The van der Waals surface area contributed by atoms with Crippen LogP contribution in [0.3, 0.4) is 0 Å². The van der Waals surface area contributed by atoms with Crippen LogP contribution in [0.25, 0.3) is 0 Å². The minimum Gasteiger partial charge on any atom is -0.379 e. The van der Waals surface area contributed by atoms with Gasteiger partial charge in [-0.1, -0.05) is 11.6 Å². The largest absolute Gasteiger partial charge is 0.379 e. The standard InChI is InChI=1S/C12H13ClFN3/c1-2-17-8-15-6-10(17)7-16-9-3-4-12(14)11(13)5-9/h3-6,8,16H,2,7H2,1H3. The summed E-state index contributed by atoms with van der Waals surface area (Å²) in [5, 5.41) is 3.30. The van der Waals surface area contributed by atoms with Crippen molar-refractivity contribution >= 4 is 17.3 Å². The second-order valence-corrected chi connectivity index (χ2v) is 4.06. The molecule has 2 rings (SSSR count). The van der Waals surface area contributed by atoms with E-state index in [0.29, 0.717) is 6.54 Å². The second kappa shape index (κ2) is 5.19. The molecule has 0 unspecified atom stereocenters. The molecule has 0 spiro atoms. The Balaban J connectivity index is 2.05. The number of hydrogen-bond donors (Lipinski definition) is 1. The van der Waals surface area contributed by atoms with Crippen LogP contribution in [-0.4, -0.2) is 9.55 Å². The van der Waals surface area contributed by atoms with Crippen molar-refractivity contribution in [2.75, 3.05) is 5.32 Å². The minimum atomic E-state index is -0.407. The quantitative estimate of drug-likeness (QED) is 0.906. The van der Waals surface area contributed by atoms with E-state index in [1.807, 2.05) is 10.8 Å². The van der Waals surface area contributed by atoms with Crippen LogP contribution in [0.2, 0.25) is 5.02 Å². The molecular formula is C12H13ClFN3. The van der Waals surface area contributed by atoms with Crippen LogP contribution in [0.15, 0.2) is 30.7 Å². The summed E-state index contributed by atoms with van der Waals surface area (Å²) in [5.74, 6) is -0.407. The van der Waals surface area contributed by atoms with Gasteiger partial charge in [0.15, 0.2) is 0 Å². The Labute approximate surface area is 104 Å². The number of hydrogen-bond acceptors (Lipinski definition) is 2. The molecule has 90 valence electrons. The first-order chi connectivity index (χ1) is 8.20. The third-order valence-corrected chi connectivity index (χ3v) is 2.82. The number of nitrogens with zero attached hydrogens (tertiary/aromatic N) is 2. The maximum Gasteiger partial charge on any atom is 0.141 e. The van der Waals surface area contributed by atoms with Gasteiger partial charge in [0.1, 0.15) is 5.82 Å². The summed E-state index contributed by atoms with van der Waals surface area (Å²) in [4.78, 5) is 4.07. The van der Waals surface area contributed by atoms with E-state index in [9.17, 15) is 4.39 Å². The Morgan fingerprint density at radius 1 is 1.47 bits per heavy atom. The van der Waals surface area contributed by atoms with Crippen molar-refractivity contribution in [1.29, 1.82) is 0 Å². The summed E-state index contributed by atoms with van der Waals surface area (Å²) >= 11 is 5.70. The van der Waals surface area contributed by atoms with Crippen LogP contribution in [-0.2, 0) is 13.1 Å². The molecule has 0 amide bonds. The van der Waals surface area contributed by atoms with Crippen LogP contribution >= 0.6 is 11.6 Å². The van der Waals surface area contributed by atoms with Crippen molar-refractivity contribution in [1.82, 2.24) is 9.55 Å². The lowest BCUT2D eigenvalue weighted by Crippen LogP contribution is -2.05. The van der Waals surface area contributed by atoms with Gasteiger partial charge in [-0.05, 0) is 25.1 Å². The van der Waals surface area contributed by atoms with Gasteiger partial charge >= 0.3 is 0 Å². The summed E-state index contributed by atoms with van der Waals surface area (Å²) in [6.07, 6.45) is 3.59. The minimum absolute atomic E-state index is 0.124. The van der Waals surface area contributed by atoms with E-state index in [1.54, 1.807) is 18.5 Å². The first-order valence-electron chi connectivity index (χ1n) is 5.38. The fraction of sp³-hybridized carbons (Fsp3) is 0.250. The lowest BCUT2D eigenvalue weighted by Gasteiger charge is -2.08. The fourth-order valence-corrected chi connectivity index (χ4v) is 1.76. The summed E-state index contributed by atoms with van der Waals surface area (Å²) < 4.78 is 15.0. The summed E-state index contributed by atoms with van der Waals surface area (Å²) in [6, 6.07) is 4.58. The van der Waals surface area contributed by atoms with Crippen LogP contribution < -0.4 is 5.32 Å². The molecule has 0 aliphatic heterocycles. The third kappa shape index (κ3) is 2.77. The lowest BCUT2D eigenvalue weighted by molar-refractivity contribution is 0.628. The monoisotopic (exact) mass is 253 g/mol. The number of benzene rings is 1. The van der Waals surface area contributed by atoms with Crippen LogP contribution in [0.1, 0.15) is 12.6 Å². The molecule has 0 radical (unpaired) electrons. The molecule has 5 heteroatoms. The zero-order valence-electron chi connectivity index (χ0n) is 9.45. The van der Waals surface area contributed by atoms with Crippen LogP contribution in [0, 0.1) is 5.82 Å². The highest BCUT2D eigenvalue weighted by Crippen LogP contribution is 2.19. The van der Waals surface area contributed by atoms with Gasteiger partial charge < -0.3 is 9.88 Å². The molecule has 1 heterocycles. The molecule has 1 aromatic heterocycles.